The Labute approximate surface area is 111 Å². The van der Waals surface area contributed by atoms with Crippen LogP contribution >= 0.6 is 0 Å². The summed E-state index contributed by atoms with van der Waals surface area (Å²) in [4.78, 5) is 14.1. The molecule has 0 radical (unpaired) electrons. The van der Waals surface area contributed by atoms with Crippen molar-refractivity contribution < 1.29 is 9.53 Å². The zero-order valence-electron chi connectivity index (χ0n) is 11.9. The van der Waals surface area contributed by atoms with Crippen molar-refractivity contribution in [1.29, 1.82) is 0 Å². The fraction of sp³-hybridized carbons (Fsp3) is 0.929. The van der Waals surface area contributed by atoms with E-state index >= 15 is 0 Å². The first-order chi connectivity index (χ1) is 8.77. The Hall–Kier alpha value is -0.610. The minimum atomic E-state index is 0.254. The zero-order chi connectivity index (χ0) is 13.2. The Morgan fingerprint density at radius 3 is 2.67 bits per heavy atom. The average molecular weight is 256 g/mol. The number of rotatable bonds is 8. The van der Waals surface area contributed by atoms with Gasteiger partial charge in [0.25, 0.3) is 0 Å². The lowest BCUT2D eigenvalue weighted by atomic mass is 9.97. The van der Waals surface area contributed by atoms with E-state index in [9.17, 15) is 4.79 Å². The number of carbonyl (C=O) groups excluding carboxylic acids is 1. The van der Waals surface area contributed by atoms with Crippen molar-refractivity contribution in [2.75, 3.05) is 39.4 Å². The van der Waals surface area contributed by atoms with Crippen LogP contribution in [-0.2, 0) is 9.53 Å². The third-order valence-corrected chi connectivity index (χ3v) is 3.45. The van der Waals surface area contributed by atoms with E-state index in [4.69, 9.17) is 4.74 Å². The maximum Gasteiger partial charge on any atom is 0.224 e. The van der Waals surface area contributed by atoms with Gasteiger partial charge in [-0.05, 0) is 45.2 Å². The Kier molecular flexibility index (Phi) is 8.01. The first-order valence-corrected chi connectivity index (χ1v) is 7.34. The van der Waals surface area contributed by atoms with Gasteiger partial charge in [0.15, 0.2) is 0 Å². The predicted octanol–water partition coefficient (Wildman–Crippen LogP) is 1.65. The third-order valence-electron chi connectivity index (χ3n) is 3.45. The molecule has 18 heavy (non-hydrogen) atoms. The highest BCUT2D eigenvalue weighted by Crippen LogP contribution is 2.14. The topological polar surface area (TPSA) is 41.6 Å². The van der Waals surface area contributed by atoms with Crippen LogP contribution in [0.3, 0.4) is 0 Å². The third kappa shape index (κ3) is 5.83. The molecule has 1 saturated heterocycles. The molecule has 1 amide bonds. The quantitative estimate of drug-likeness (QED) is 0.671. The second-order valence-electron chi connectivity index (χ2n) is 4.98. The summed E-state index contributed by atoms with van der Waals surface area (Å²) in [6.45, 7) is 9.34. The number of nitrogens with one attached hydrogen (secondary N) is 1. The van der Waals surface area contributed by atoms with Crippen LogP contribution in [0.15, 0.2) is 0 Å². The Bertz CT molecular complexity index is 228. The lowest BCUT2D eigenvalue weighted by Gasteiger charge is -2.30. The standard InChI is InChI=1S/C14H28N2O2/c1-3-10-16(14(17)7-11-18-4-2)12-13-5-8-15-9-6-13/h13,15H,3-12H2,1-2H3. The summed E-state index contributed by atoms with van der Waals surface area (Å²) in [5.41, 5.74) is 0. The van der Waals surface area contributed by atoms with Crippen molar-refractivity contribution in [1.82, 2.24) is 10.2 Å². The van der Waals surface area contributed by atoms with E-state index < -0.39 is 0 Å². The summed E-state index contributed by atoms with van der Waals surface area (Å²) < 4.78 is 5.26. The number of nitrogens with zero attached hydrogens (tertiary/aromatic N) is 1. The first kappa shape index (κ1) is 15.4. The molecule has 0 aromatic rings. The van der Waals surface area contributed by atoms with E-state index in [1.165, 1.54) is 12.8 Å². The molecule has 0 unspecified atom stereocenters. The maximum atomic E-state index is 12.1. The van der Waals surface area contributed by atoms with Gasteiger partial charge in [0.05, 0.1) is 13.0 Å². The van der Waals surface area contributed by atoms with Crippen LogP contribution in [0.2, 0.25) is 0 Å². The smallest absolute Gasteiger partial charge is 0.224 e. The van der Waals surface area contributed by atoms with Crippen LogP contribution in [0, 0.1) is 5.92 Å². The number of amides is 1. The first-order valence-electron chi connectivity index (χ1n) is 7.34. The fourth-order valence-electron chi connectivity index (χ4n) is 2.43. The van der Waals surface area contributed by atoms with Gasteiger partial charge in [-0.1, -0.05) is 6.92 Å². The van der Waals surface area contributed by atoms with Gasteiger partial charge in [-0.25, -0.2) is 0 Å². The second kappa shape index (κ2) is 9.34. The van der Waals surface area contributed by atoms with Crippen LogP contribution in [0.25, 0.3) is 0 Å². The molecule has 1 fully saturated rings. The number of ether oxygens (including phenoxy) is 1. The van der Waals surface area contributed by atoms with Crippen LogP contribution in [-0.4, -0.2) is 50.2 Å². The Morgan fingerprint density at radius 2 is 2.06 bits per heavy atom. The van der Waals surface area contributed by atoms with Gasteiger partial charge < -0.3 is 15.0 Å². The van der Waals surface area contributed by atoms with Gasteiger partial charge in [0, 0.05) is 19.7 Å². The molecule has 0 aromatic carbocycles. The lowest BCUT2D eigenvalue weighted by Crippen LogP contribution is -2.40. The molecule has 0 spiro atoms. The monoisotopic (exact) mass is 256 g/mol. The van der Waals surface area contributed by atoms with Crippen LogP contribution < -0.4 is 5.32 Å². The van der Waals surface area contributed by atoms with Crippen molar-refractivity contribution >= 4 is 5.91 Å². The van der Waals surface area contributed by atoms with Crippen molar-refractivity contribution in [3.05, 3.63) is 0 Å². The van der Waals surface area contributed by atoms with E-state index in [0.717, 1.165) is 32.6 Å². The molecule has 1 rings (SSSR count). The highest BCUT2D eigenvalue weighted by atomic mass is 16.5. The number of carbonyl (C=O) groups is 1. The molecule has 0 bridgehead atoms. The number of hydrogen-bond donors (Lipinski definition) is 1. The van der Waals surface area contributed by atoms with E-state index in [1.807, 2.05) is 11.8 Å². The van der Waals surface area contributed by atoms with Crippen molar-refractivity contribution in [2.24, 2.45) is 5.92 Å². The molecule has 0 saturated carbocycles. The summed E-state index contributed by atoms with van der Waals surface area (Å²) in [7, 11) is 0. The van der Waals surface area contributed by atoms with Gasteiger partial charge in [0.1, 0.15) is 0 Å². The summed E-state index contributed by atoms with van der Waals surface area (Å²) in [5, 5.41) is 3.37. The molecule has 1 N–H and O–H groups in total. The maximum absolute atomic E-state index is 12.1. The molecule has 106 valence electrons. The highest BCUT2D eigenvalue weighted by molar-refractivity contribution is 5.76. The molecule has 4 heteroatoms. The molecule has 0 atom stereocenters. The Balaban J connectivity index is 2.34. The van der Waals surface area contributed by atoms with Crippen LogP contribution in [0.4, 0.5) is 0 Å². The van der Waals surface area contributed by atoms with Gasteiger partial charge in [-0.3, -0.25) is 4.79 Å². The predicted molar refractivity (Wildman–Crippen MR) is 73.6 cm³/mol. The summed E-state index contributed by atoms with van der Waals surface area (Å²) in [6, 6.07) is 0. The molecular formula is C14H28N2O2. The lowest BCUT2D eigenvalue weighted by molar-refractivity contribution is -0.133. The SMILES string of the molecule is CCCN(CC1CCNCC1)C(=O)CCOCC. The van der Waals surface area contributed by atoms with Crippen molar-refractivity contribution in [2.45, 2.75) is 39.5 Å². The summed E-state index contributed by atoms with van der Waals surface area (Å²) >= 11 is 0. The van der Waals surface area contributed by atoms with Crippen molar-refractivity contribution in [3.63, 3.8) is 0 Å². The molecule has 1 aliphatic heterocycles. The molecule has 0 aliphatic carbocycles. The second-order valence-corrected chi connectivity index (χ2v) is 4.98. The minimum absolute atomic E-state index is 0.254. The average Bonchev–Trinajstić information content (AvgIpc) is 2.39. The highest BCUT2D eigenvalue weighted by Gasteiger charge is 2.19. The number of piperidine rings is 1. The van der Waals surface area contributed by atoms with E-state index in [-0.39, 0.29) is 5.91 Å². The van der Waals surface area contributed by atoms with Gasteiger partial charge in [-0.15, -0.1) is 0 Å². The van der Waals surface area contributed by atoms with Crippen LogP contribution in [0.1, 0.15) is 39.5 Å². The van der Waals surface area contributed by atoms with E-state index in [2.05, 4.69) is 12.2 Å². The molecule has 1 heterocycles. The van der Waals surface area contributed by atoms with E-state index in [1.54, 1.807) is 0 Å². The molecule has 0 aromatic heterocycles. The van der Waals surface area contributed by atoms with Crippen LogP contribution in [0.5, 0.6) is 0 Å². The number of hydrogen-bond acceptors (Lipinski definition) is 3. The normalized spacial score (nSPS) is 16.8. The molecule has 1 aliphatic rings. The van der Waals surface area contributed by atoms with Crippen molar-refractivity contribution in [3.8, 4) is 0 Å². The van der Waals surface area contributed by atoms with Gasteiger partial charge >= 0.3 is 0 Å². The molecule has 4 nitrogen and oxygen atoms in total. The summed E-state index contributed by atoms with van der Waals surface area (Å²) in [6.07, 6.45) is 3.95. The Morgan fingerprint density at radius 1 is 1.33 bits per heavy atom. The van der Waals surface area contributed by atoms with E-state index in [0.29, 0.717) is 25.6 Å². The van der Waals surface area contributed by atoms with Gasteiger partial charge in [0.2, 0.25) is 5.91 Å². The summed E-state index contributed by atoms with van der Waals surface area (Å²) in [5.74, 6) is 0.928. The minimum Gasteiger partial charge on any atom is -0.381 e. The molecular weight excluding hydrogens is 228 g/mol. The zero-order valence-corrected chi connectivity index (χ0v) is 11.9. The largest absolute Gasteiger partial charge is 0.381 e. The fourth-order valence-corrected chi connectivity index (χ4v) is 2.43. The van der Waals surface area contributed by atoms with Gasteiger partial charge in [-0.2, -0.15) is 0 Å².